The molecule has 1 fully saturated rings. The minimum Gasteiger partial charge on any atom is -0.493 e. The van der Waals surface area contributed by atoms with E-state index >= 15 is 0 Å². The zero-order chi connectivity index (χ0) is 20.2. The second kappa shape index (κ2) is 8.43. The van der Waals surface area contributed by atoms with Gasteiger partial charge in [0, 0.05) is 19.6 Å². The minimum atomic E-state index is -0.151. The quantitative estimate of drug-likeness (QED) is 0.689. The number of nitrogens with one attached hydrogen (secondary N) is 1. The van der Waals surface area contributed by atoms with Crippen LogP contribution in [-0.4, -0.2) is 44.7 Å². The molecule has 7 nitrogen and oxygen atoms in total. The Labute approximate surface area is 169 Å². The van der Waals surface area contributed by atoms with Crippen LogP contribution in [0.15, 0.2) is 46.9 Å². The molecule has 0 aliphatic carbocycles. The number of nitrogens with zero attached hydrogens (tertiary/aromatic N) is 2. The normalized spacial score (nSPS) is 14.8. The van der Waals surface area contributed by atoms with E-state index in [0.29, 0.717) is 35.5 Å². The molecule has 0 atom stereocenters. The SMILES string of the molecule is COc1cccc(C(=O)NCC2CCN(c3nc4ccccc4o3)CC2)c1OC. The summed E-state index contributed by atoms with van der Waals surface area (Å²) in [5.41, 5.74) is 2.17. The molecule has 1 aromatic heterocycles. The summed E-state index contributed by atoms with van der Waals surface area (Å²) < 4.78 is 16.5. The lowest BCUT2D eigenvalue weighted by atomic mass is 9.97. The van der Waals surface area contributed by atoms with Gasteiger partial charge in [-0.2, -0.15) is 4.98 Å². The van der Waals surface area contributed by atoms with E-state index in [9.17, 15) is 4.79 Å². The van der Waals surface area contributed by atoms with Gasteiger partial charge in [-0.3, -0.25) is 4.79 Å². The van der Waals surface area contributed by atoms with Gasteiger partial charge in [-0.15, -0.1) is 0 Å². The van der Waals surface area contributed by atoms with E-state index in [1.54, 1.807) is 25.3 Å². The maximum atomic E-state index is 12.6. The first kappa shape index (κ1) is 19.1. The second-order valence-corrected chi connectivity index (χ2v) is 7.15. The van der Waals surface area contributed by atoms with Crippen molar-refractivity contribution in [3.05, 3.63) is 48.0 Å². The van der Waals surface area contributed by atoms with Crippen LogP contribution < -0.4 is 19.7 Å². The molecule has 29 heavy (non-hydrogen) atoms. The zero-order valence-electron chi connectivity index (χ0n) is 16.7. The number of fused-ring (bicyclic) bond motifs is 1. The van der Waals surface area contributed by atoms with Crippen LogP contribution in [0.2, 0.25) is 0 Å². The van der Waals surface area contributed by atoms with E-state index in [2.05, 4.69) is 15.2 Å². The Kier molecular flexibility index (Phi) is 5.55. The molecule has 0 spiro atoms. The number of ether oxygens (including phenoxy) is 2. The summed E-state index contributed by atoms with van der Waals surface area (Å²) in [4.78, 5) is 19.4. The van der Waals surface area contributed by atoms with Crippen LogP contribution in [-0.2, 0) is 0 Å². The Morgan fingerprint density at radius 3 is 2.66 bits per heavy atom. The number of para-hydroxylation sites is 3. The first-order valence-electron chi connectivity index (χ1n) is 9.79. The van der Waals surface area contributed by atoms with Crippen LogP contribution >= 0.6 is 0 Å². The fourth-order valence-corrected chi connectivity index (χ4v) is 3.72. The molecule has 2 aromatic carbocycles. The minimum absolute atomic E-state index is 0.151. The van der Waals surface area contributed by atoms with Gasteiger partial charge < -0.3 is 24.1 Å². The van der Waals surface area contributed by atoms with Gasteiger partial charge in [0.2, 0.25) is 0 Å². The fraction of sp³-hybridized carbons (Fsp3) is 0.364. The zero-order valence-corrected chi connectivity index (χ0v) is 16.7. The second-order valence-electron chi connectivity index (χ2n) is 7.15. The molecule has 1 amide bonds. The van der Waals surface area contributed by atoms with E-state index < -0.39 is 0 Å². The molecule has 1 N–H and O–H groups in total. The third-order valence-corrected chi connectivity index (χ3v) is 5.37. The van der Waals surface area contributed by atoms with Crippen LogP contribution in [0, 0.1) is 5.92 Å². The van der Waals surface area contributed by atoms with Gasteiger partial charge >= 0.3 is 0 Å². The van der Waals surface area contributed by atoms with Crippen molar-refractivity contribution >= 4 is 23.0 Å². The van der Waals surface area contributed by atoms with E-state index in [0.717, 1.165) is 37.0 Å². The lowest BCUT2D eigenvalue weighted by Gasteiger charge is -2.30. The molecule has 0 bridgehead atoms. The summed E-state index contributed by atoms with van der Waals surface area (Å²) in [5, 5.41) is 3.04. The van der Waals surface area contributed by atoms with Crippen LogP contribution in [0.1, 0.15) is 23.2 Å². The molecule has 2 heterocycles. The van der Waals surface area contributed by atoms with E-state index in [1.807, 2.05) is 24.3 Å². The number of anilines is 1. The highest BCUT2D eigenvalue weighted by Gasteiger charge is 2.24. The maximum absolute atomic E-state index is 12.6. The van der Waals surface area contributed by atoms with E-state index in [4.69, 9.17) is 13.9 Å². The highest BCUT2D eigenvalue weighted by atomic mass is 16.5. The summed E-state index contributed by atoms with van der Waals surface area (Å²) in [6.07, 6.45) is 1.93. The van der Waals surface area contributed by atoms with Gasteiger partial charge in [0.25, 0.3) is 11.9 Å². The number of aromatic nitrogens is 1. The first-order valence-corrected chi connectivity index (χ1v) is 9.79. The summed E-state index contributed by atoms with van der Waals surface area (Å²) in [6, 6.07) is 13.8. The summed E-state index contributed by atoms with van der Waals surface area (Å²) >= 11 is 0. The molecule has 152 valence electrons. The number of methoxy groups -OCH3 is 2. The van der Waals surface area contributed by atoms with Crippen molar-refractivity contribution in [1.29, 1.82) is 0 Å². The molecule has 1 aliphatic rings. The number of hydrogen-bond donors (Lipinski definition) is 1. The van der Waals surface area contributed by atoms with E-state index in [1.165, 1.54) is 7.11 Å². The van der Waals surface area contributed by atoms with Gasteiger partial charge in [0.05, 0.1) is 19.8 Å². The standard InChI is InChI=1S/C22H25N3O4/c1-27-19-9-5-6-16(20(19)28-2)21(26)23-14-15-10-12-25(13-11-15)22-24-17-7-3-4-8-18(17)29-22/h3-9,15H,10-14H2,1-2H3,(H,23,26). The molecule has 7 heteroatoms. The number of carbonyl (C=O) groups is 1. The predicted octanol–water partition coefficient (Wildman–Crippen LogP) is 3.49. The monoisotopic (exact) mass is 395 g/mol. The smallest absolute Gasteiger partial charge is 0.298 e. The molecule has 1 saturated heterocycles. The van der Waals surface area contributed by atoms with Gasteiger partial charge in [-0.25, -0.2) is 0 Å². The molecule has 1 aliphatic heterocycles. The Balaban J connectivity index is 1.33. The molecular weight excluding hydrogens is 370 g/mol. The van der Waals surface area contributed by atoms with Gasteiger partial charge in [-0.05, 0) is 43.0 Å². The number of amides is 1. The molecule has 3 aromatic rings. The molecular formula is C22H25N3O4. The number of benzene rings is 2. The van der Waals surface area contributed by atoms with Crippen molar-refractivity contribution in [2.24, 2.45) is 5.92 Å². The number of carbonyl (C=O) groups excluding carboxylic acids is 1. The summed E-state index contributed by atoms with van der Waals surface area (Å²) in [7, 11) is 3.10. The molecule has 4 rings (SSSR count). The number of piperidine rings is 1. The molecule has 0 unspecified atom stereocenters. The van der Waals surface area contributed by atoms with Crippen molar-refractivity contribution in [3.8, 4) is 11.5 Å². The third-order valence-electron chi connectivity index (χ3n) is 5.37. The predicted molar refractivity (Wildman–Crippen MR) is 111 cm³/mol. The fourth-order valence-electron chi connectivity index (χ4n) is 3.72. The number of oxazole rings is 1. The van der Waals surface area contributed by atoms with Crippen LogP contribution in [0.25, 0.3) is 11.1 Å². The van der Waals surface area contributed by atoms with Crippen molar-refractivity contribution in [2.75, 3.05) is 38.8 Å². The number of hydrogen-bond acceptors (Lipinski definition) is 6. The van der Waals surface area contributed by atoms with Crippen molar-refractivity contribution in [1.82, 2.24) is 10.3 Å². The van der Waals surface area contributed by atoms with Crippen LogP contribution in [0.5, 0.6) is 11.5 Å². The number of rotatable bonds is 6. The van der Waals surface area contributed by atoms with Crippen molar-refractivity contribution in [3.63, 3.8) is 0 Å². The topological polar surface area (TPSA) is 76.8 Å². The highest BCUT2D eigenvalue weighted by molar-refractivity contribution is 5.97. The largest absolute Gasteiger partial charge is 0.493 e. The van der Waals surface area contributed by atoms with Gasteiger partial charge in [0.1, 0.15) is 5.52 Å². The molecule has 0 saturated carbocycles. The van der Waals surface area contributed by atoms with Crippen LogP contribution in [0.3, 0.4) is 0 Å². The lowest BCUT2D eigenvalue weighted by molar-refractivity contribution is 0.0941. The average molecular weight is 395 g/mol. The third kappa shape index (κ3) is 3.99. The Bertz CT molecular complexity index is 960. The van der Waals surface area contributed by atoms with E-state index in [-0.39, 0.29) is 5.91 Å². The van der Waals surface area contributed by atoms with Crippen LogP contribution in [0.4, 0.5) is 6.01 Å². The Morgan fingerprint density at radius 2 is 1.93 bits per heavy atom. The molecule has 0 radical (unpaired) electrons. The Hall–Kier alpha value is -3.22. The van der Waals surface area contributed by atoms with Crippen molar-refractivity contribution in [2.45, 2.75) is 12.8 Å². The summed E-state index contributed by atoms with van der Waals surface area (Å²) in [5.74, 6) is 1.27. The maximum Gasteiger partial charge on any atom is 0.298 e. The summed E-state index contributed by atoms with van der Waals surface area (Å²) in [6.45, 7) is 2.34. The highest BCUT2D eigenvalue weighted by Crippen LogP contribution is 2.31. The van der Waals surface area contributed by atoms with Gasteiger partial charge in [-0.1, -0.05) is 18.2 Å². The lowest BCUT2D eigenvalue weighted by Crippen LogP contribution is -2.38. The average Bonchev–Trinajstić information content (AvgIpc) is 3.21. The Morgan fingerprint density at radius 1 is 1.14 bits per heavy atom. The van der Waals surface area contributed by atoms with Crippen molar-refractivity contribution < 1.29 is 18.7 Å². The first-order chi connectivity index (χ1) is 14.2. The van der Waals surface area contributed by atoms with Gasteiger partial charge in [0.15, 0.2) is 17.1 Å².